The molecule has 2 rings (SSSR count). The Labute approximate surface area is 128 Å². The van der Waals surface area contributed by atoms with Gasteiger partial charge in [0.1, 0.15) is 5.82 Å². The number of hydrogen-bond donors (Lipinski definition) is 1. The Kier molecular flexibility index (Phi) is 5.32. The van der Waals surface area contributed by atoms with Crippen molar-refractivity contribution in [2.24, 2.45) is 0 Å². The van der Waals surface area contributed by atoms with Crippen LogP contribution in [0.1, 0.15) is 29.7 Å². The molecular formula is C17H19BrFN. The Morgan fingerprint density at radius 3 is 2.45 bits per heavy atom. The molecule has 0 aliphatic rings. The zero-order chi connectivity index (χ0) is 14.5. The van der Waals surface area contributed by atoms with Crippen molar-refractivity contribution >= 4 is 15.9 Å². The lowest BCUT2D eigenvalue weighted by Gasteiger charge is -2.18. The highest BCUT2D eigenvalue weighted by atomic mass is 79.9. The first kappa shape index (κ1) is 15.2. The zero-order valence-corrected chi connectivity index (χ0v) is 13.4. The van der Waals surface area contributed by atoms with E-state index in [1.807, 2.05) is 13.1 Å². The van der Waals surface area contributed by atoms with Gasteiger partial charge in [0.15, 0.2) is 0 Å². The van der Waals surface area contributed by atoms with Gasteiger partial charge in [0.2, 0.25) is 0 Å². The van der Waals surface area contributed by atoms with E-state index < -0.39 is 0 Å². The number of benzene rings is 2. The molecule has 1 N–H and O–H groups in total. The van der Waals surface area contributed by atoms with Crippen molar-refractivity contribution in [1.29, 1.82) is 0 Å². The molecule has 106 valence electrons. The Bertz CT molecular complexity index is 566. The summed E-state index contributed by atoms with van der Waals surface area (Å²) in [6.45, 7) is 2.14. The lowest BCUT2D eigenvalue weighted by Crippen LogP contribution is -2.19. The fourth-order valence-corrected chi connectivity index (χ4v) is 2.70. The van der Waals surface area contributed by atoms with Gasteiger partial charge in [-0.15, -0.1) is 0 Å². The summed E-state index contributed by atoms with van der Waals surface area (Å²) in [5.74, 6) is -0.154. The van der Waals surface area contributed by atoms with Crippen LogP contribution in [-0.4, -0.2) is 7.05 Å². The van der Waals surface area contributed by atoms with Gasteiger partial charge in [0, 0.05) is 10.5 Å². The van der Waals surface area contributed by atoms with E-state index in [9.17, 15) is 4.39 Å². The Morgan fingerprint density at radius 2 is 1.85 bits per heavy atom. The zero-order valence-electron chi connectivity index (χ0n) is 11.8. The lowest BCUT2D eigenvalue weighted by molar-refractivity contribution is 0.554. The molecule has 0 aliphatic heterocycles. The van der Waals surface area contributed by atoms with E-state index >= 15 is 0 Å². The summed E-state index contributed by atoms with van der Waals surface area (Å²) in [5, 5.41) is 3.27. The maximum Gasteiger partial charge on any atom is 0.126 e. The SMILES string of the molecule is CCc1ccc(C(Cc2cc(Br)ccc2F)NC)cc1. The molecule has 0 aromatic heterocycles. The molecule has 2 aromatic carbocycles. The molecule has 0 spiro atoms. The summed E-state index contributed by atoms with van der Waals surface area (Å²) in [7, 11) is 1.91. The second-order valence-corrected chi connectivity index (χ2v) is 5.79. The van der Waals surface area contributed by atoms with Gasteiger partial charge in [-0.3, -0.25) is 0 Å². The summed E-state index contributed by atoms with van der Waals surface area (Å²) >= 11 is 3.40. The molecule has 1 nitrogen and oxygen atoms in total. The van der Waals surface area contributed by atoms with Crippen LogP contribution in [-0.2, 0) is 12.8 Å². The van der Waals surface area contributed by atoms with Gasteiger partial charge in [-0.1, -0.05) is 47.1 Å². The van der Waals surface area contributed by atoms with E-state index in [4.69, 9.17) is 0 Å². The number of nitrogens with one attached hydrogen (secondary N) is 1. The maximum atomic E-state index is 13.9. The van der Waals surface area contributed by atoms with Crippen LogP contribution in [0, 0.1) is 5.82 Å². The van der Waals surface area contributed by atoms with Gasteiger partial charge in [-0.05, 0) is 54.8 Å². The van der Waals surface area contributed by atoms with Gasteiger partial charge >= 0.3 is 0 Å². The molecule has 0 amide bonds. The first-order valence-electron chi connectivity index (χ1n) is 6.84. The normalized spacial score (nSPS) is 12.4. The van der Waals surface area contributed by atoms with Crippen LogP contribution in [0.25, 0.3) is 0 Å². The highest BCUT2D eigenvalue weighted by Gasteiger charge is 2.13. The van der Waals surface area contributed by atoms with Crippen molar-refractivity contribution in [2.45, 2.75) is 25.8 Å². The van der Waals surface area contributed by atoms with Crippen LogP contribution in [0.15, 0.2) is 46.9 Å². The minimum absolute atomic E-state index is 0.115. The van der Waals surface area contributed by atoms with Crippen LogP contribution in [0.2, 0.25) is 0 Å². The van der Waals surface area contributed by atoms with Crippen LogP contribution in [0.4, 0.5) is 4.39 Å². The summed E-state index contributed by atoms with van der Waals surface area (Å²) in [4.78, 5) is 0. The van der Waals surface area contributed by atoms with E-state index in [-0.39, 0.29) is 11.9 Å². The van der Waals surface area contributed by atoms with Crippen LogP contribution in [0.3, 0.4) is 0 Å². The topological polar surface area (TPSA) is 12.0 Å². The van der Waals surface area contributed by atoms with Crippen molar-refractivity contribution in [3.05, 3.63) is 69.4 Å². The lowest BCUT2D eigenvalue weighted by atomic mass is 9.97. The number of rotatable bonds is 5. The molecule has 3 heteroatoms. The van der Waals surface area contributed by atoms with Gasteiger partial charge in [0.05, 0.1) is 0 Å². The van der Waals surface area contributed by atoms with E-state index in [1.165, 1.54) is 17.2 Å². The van der Waals surface area contributed by atoms with E-state index in [0.29, 0.717) is 6.42 Å². The maximum absolute atomic E-state index is 13.9. The summed E-state index contributed by atoms with van der Waals surface area (Å²) in [6, 6.07) is 13.7. The smallest absolute Gasteiger partial charge is 0.126 e. The molecular weight excluding hydrogens is 317 g/mol. The standard InChI is InChI=1S/C17H19BrFN/c1-3-12-4-6-13(7-5-12)17(20-2)11-14-10-15(18)8-9-16(14)19/h4-10,17,20H,3,11H2,1-2H3. The summed E-state index contributed by atoms with van der Waals surface area (Å²) < 4.78 is 14.8. The number of hydrogen-bond acceptors (Lipinski definition) is 1. The average molecular weight is 336 g/mol. The van der Waals surface area contributed by atoms with Gasteiger partial charge in [0.25, 0.3) is 0 Å². The Hall–Kier alpha value is -1.19. The summed E-state index contributed by atoms with van der Waals surface area (Å²) in [6.07, 6.45) is 1.66. The highest BCUT2D eigenvalue weighted by molar-refractivity contribution is 9.10. The highest BCUT2D eigenvalue weighted by Crippen LogP contribution is 2.23. The molecule has 1 unspecified atom stereocenters. The van der Waals surface area contributed by atoms with E-state index in [0.717, 1.165) is 16.5 Å². The molecule has 20 heavy (non-hydrogen) atoms. The molecule has 2 aromatic rings. The molecule has 0 fully saturated rings. The minimum atomic E-state index is -0.154. The van der Waals surface area contributed by atoms with Crippen LogP contribution < -0.4 is 5.32 Å². The van der Waals surface area contributed by atoms with Gasteiger partial charge in [-0.25, -0.2) is 4.39 Å². The fourth-order valence-electron chi connectivity index (χ4n) is 2.29. The molecule has 1 atom stereocenters. The Morgan fingerprint density at radius 1 is 1.15 bits per heavy atom. The molecule has 0 saturated heterocycles. The molecule has 0 radical (unpaired) electrons. The molecule has 0 saturated carbocycles. The first-order chi connectivity index (χ1) is 9.63. The summed E-state index contributed by atoms with van der Waals surface area (Å²) in [5.41, 5.74) is 3.22. The molecule has 0 heterocycles. The number of halogens is 2. The monoisotopic (exact) mass is 335 g/mol. The van der Waals surface area contributed by atoms with Crippen molar-refractivity contribution in [3.63, 3.8) is 0 Å². The number of aryl methyl sites for hydroxylation is 1. The van der Waals surface area contributed by atoms with E-state index in [2.05, 4.69) is 52.4 Å². The van der Waals surface area contributed by atoms with E-state index in [1.54, 1.807) is 6.07 Å². The van der Waals surface area contributed by atoms with Crippen molar-refractivity contribution in [2.75, 3.05) is 7.05 Å². The van der Waals surface area contributed by atoms with Crippen molar-refractivity contribution in [3.8, 4) is 0 Å². The first-order valence-corrected chi connectivity index (χ1v) is 7.63. The quantitative estimate of drug-likeness (QED) is 0.838. The Balaban J connectivity index is 2.21. The van der Waals surface area contributed by atoms with Gasteiger partial charge < -0.3 is 5.32 Å². The molecule has 0 bridgehead atoms. The van der Waals surface area contributed by atoms with Crippen molar-refractivity contribution in [1.82, 2.24) is 5.32 Å². The third-order valence-electron chi connectivity index (χ3n) is 3.57. The van der Waals surface area contributed by atoms with Crippen molar-refractivity contribution < 1.29 is 4.39 Å². The largest absolute Gasteiger partial charge is 0.313 e. The fraction of sp³-hybridized carbons (Fsp3) is 0.294. The second-order valence-electron chi connectivity index (χ2n) is 4.88. The number of likely N-dealkylation sites (N-methyl/N-ethyl adjacent to an activating group) is 1. The average Bonchev–Trinajstić information content (AvgIpc) is 2.48. The minimum Gasteiger partial charge on any atom is -0.313 e. The second kappa shape index (κ2) is 7.00. The van der Waals surface area contributed by atoms with Crippen LogP contribution in [0.5, 0.6) is 0 Å². The predicted octanol–water partition coefficient (Wildman–Crippen LogP) is 4.65. The van der Waals surface area contributed by atoms with Gasteiger partial charge in [-0.2, -0.15) is 0 Å². The predicted molar refractivity (Wildman–Crippen MR) is 85.4 cm³/mol. The van der Waals surface area contributed by atoms with Crippen LogP contribution >= 0.6 is 15.9 Å². The molecule has 0 aliphatic carbocycles. The third-order valence-corrected chi connectivity index (χ3v) is 4.06. The third kappa shape index (κ3) is 3.68.